The molecule has 4 rings (SSSR count). The van der Waals surface area contributed by atoms with Crippen molar-refractivity contribution < 1.29 is 27.8 Å². The maximum absolute atomic E-state index is 13.8. The van der Waals surface area contributed by atoms with Crippen LogP contribution in [-0.2, 0) is 11.0 Å². The lowest BCUT2D eigenvalue weighted by Gasteiger charge is -2.38. The zero-order valence-electron chi connectivity index (χ0n) is 20.0. The van der Waals surface area contributed by atoms with Crippen LogP contribution in [0.15, 0.2) is 53.6 Å². The molecule has 1 saturated heterocycles. The fraction of sp³-hybridized carbons (Fsp3) is 0.320. The van der Waals surface area contributed by atoms with Crippen LogP contribution in [0.4, 0.5) is 24.8 Å². The van der Waals surface area contributed by atoms with E-state index in [1.54, 1.807) is 25.1 Å². The molecule has 196 valence electrons. The normalized spacial score (nSPS) is 17.9. The highest BCUT2D eigenvalue weighted by atomic mass is 35.5. The van der Waals surface area contributed by atoms with Crippen LogP contribution in [0.3, 0.4) is 0 Å². The van der Waals surface area contributed by atoms with Gasteiger partial charge in [0.05, 0.1) is 23.8 Å². The Labute approximate surface area is 221 Å². The molecule has 0 saturated carbocycles. The number of nitrogens with one attached hydrogen (secondary N) is 1. The number of pyridine rings is 2. The molecule has 0 aliphatic carbocycles. The first-order valence-electron chi connectivity index (χ1n) is 11.3. The Balaban J connectivity index is 1.59. The quantitative estimate of drug-likeness (QED) is 0.316. The van der Waals surface area contributed by atoms with Gasteiger partial charge in [-0.1, -0.05) is 17.7 Å². The largest absolute Gasteiger partial charge is 0.496 e. The second kappa shape index (κ2) is 10.7. The van der Waals surface area contributed by atoms with Crippen LogP contribution in [-0.4, -0.2) is 41.2 Å². The third-order valence-corrected chi connectivity index (χ3v) is 7.11. The molecule has 37 heavy (non-hydrogen) atoms. The number of hydrogen-bond acceptors (Lipinski definition) is 7. The molecule has 1 unspecified atom stereocenters. The number of aliphatic carboxylic acids is 1. The van der Waals surface area contributed by atoms with Crippen LogP contribution in [0.5, 0.6) is 5.75 Å². The zero-order chi connectivity index (χ0) is 26.8. The number of aromatic nitrogens is 2. The number of carboxylic acid groups (broad SMARTS) is 1. The van der Waals surface area contributed by atoms with Crippen LogP contribution in [0.1, 0.15) is 25.3 Å². The lowest BCUT2D eigenvalue weighted by atomic mass is 9.82. The average molecular weight is 553 g/mol. The molecule has 1 fully saturated rings. The van der Waals surface area contributed by atoms with Crippen LogP contribution in [0, 0.1) is 5.41 Å². The number of nitrogens with zero attached hydrogens (tertiary/aromatic N) is 3. The standard InChI is InChI=1S/C25H24ClF3N4O3S/c1-24(23(34)35)11-4-12-33(14-24)20-5-3-6-21(31-20)37-32-19-10-8-17(25(27,28)29)22(30-19)16-13-15(26)7-9-18(16)36-2/h3,5-10,13H,4,11-12,14H2,1-2H3,(H,30,32)(H,34,35). The maximum Gasteiger partial charge on any atom is 0.418 e. The third kappa shape index (κ3) is 6.04. The highest BCUT2D eigenvalue weighted by Crippen LogP contribution is 2.41. The maximum atomic E-state index is 13.8. The SMILES string of the molecule is COc1ccc(Cl)cc1-c1nc(NSc2cccc(N3CCCC(C)(C(=O)O)C3)n2)ccc1C(F)(F)F. The van der Waals surface area contributed by atoms with Gasteiger partial charge in [0.15, 0.2) is 0 Å². The number of alkyl halides is 3. The zero-order valence-corrected chi connectivity index (χ0v) is 21.5. The molecule has 1 atom stereocenters. The van der Waals surface area contributed by atoms with E-state index in [-0.39, 0.29) is 27.8 Å². The van der Waals surface area contributed by atoms with Gasteiger partial charge in [0.2, 0.25) is 0 Å². The summed E-state index contributed by atoms with van der Waals surface area (Å²) in [6.45, 7) is 2.75. The number of benzene rings is 1. The minimum Gasteiger partial charge on any atom is -0.496 e. The van der Waals surface area contributed by atoms with Gasteiger partial charge in [-0.3, -0.25) is 4.79 Å². The summed E-state index contributed by atoms with van der Waals surface area (Å²) in [6, 6.07) is 11.9. The Kier molecular flexibility index (Phi) is 7.75. The van der Waals surface area contributed by atoms with Crippen LogP contribution in [0.25, 0.3) is 11.3 Å². The van der Waals surface area contributed by atoms with Gasteiger partial charge in [0.25, 0.3) is 0 Å². The fourth-order valence-electron chi connectivity index (χ4n) is 4.17. The highest BCUT2D eigenvalue weighted by Gasteiger charge is 2.38. The van der Waals surface area contributed by atoms with E-state index < -0.39 is 23.1 Å². The Hall–Kier alpha value is -3.18. The third-order valence-electron chi connectivity index (χ3n) is 6.12. The molecule has 0 bridgehead atoms. The highest BCUT2D eigenvalue weighted by molar-refractivity contribution is 8.00. The van der Waals surface area contributed by atoms with Gasteiger partial charge < -0.3 is 19.5 Å². The van der Waals surface area contributed by atoms with Crippen molar-refractivity contribution in [2.75, 3.05) is 29.8 Å². The Morgan fingerprint density at radius 3 is 2.70 bits per heavy atom. The summed E-state index contributed by atoms with van der Waals surface area (Å²) in [7, 11) is 1.36. The molecule has 3 aromatic rings. The Morgan fingerprint density at radius 2 is 2.00 bits per heavy atom. The van der Waals surface area contributed by atoms with E-state index in [4.69, 9.17) is 16.3 Å². The van der Waals surface area contributed by atoms with Crippen molar-refractivity contribution in [3.8, 4) is 17.0 Å². The van der Waals surface area contributed by atoms with E-state index in [9.17, 15) is 23.1 Å². The van der Waals surface area contributed by atoms with Gasteiger partial charge in [-0.05, 0) is 62.2 Å². The molecule has 1 aromatic carbocycles. The van der Waals surface area contributed by atoms with Gasteiger partial charge in [-0.2, -0.15) is 13.2 Å². The van der Waals surface area contributed by atoms with E-state index in [1.807, 2.05) is 4.90 Å². The van der Waals surface area contributed by atoms with Gasteiger partial charge in [-0.15, -0.1) is 0 Å². The van der Waals surface area contributed by atoms with Crippen LogP contribution in [0.2, 0.25) is 5.02 Å². The van der Waals surface area contributed by atoms with Crippen molar-refractivity contribution in [3.63, 3.8) is 0 Å². The summed E-state index contributed by atoms with van der Waals surface area (Å²) in [4.78, 5) is 22.5. The smallest absolute Gasteiger partial charge is 0.418 e. The second-order valence-corrected chi connectivity index (χ2v) is 10.1. The van der Waals surface area contributed by atoms with Crippen molar-refractivity contribution in [3.05, 3.63) is 59.1 Å². The first-order chi connectivity index (χ1) is 17.5. The number of halogens is 4. The first kappa shape index (κ1) is 26.9. The first-order valence-corrected chi connectivity index (χ1v) is 12.5. The van der Waals surface area contributed by atoms with Crippen molar-refractivity contribution in [2.24, 2.45) is 5.41 Å². The predicted octanol–water partition coefficient (Wildman–Crippen LogP) is 6.63. The van der Waals surface area contributed by atoms with Crippen LogP contribution < -0.4 is 14.4 Å². The summed E-state index contributed by atoms with van der Waals surface area (Å²) in [6.07, 6.45) is -3.32. The molecule has 1 aliphatic heterocycles. The van der Waals surface area contributed by atoms with E-state index in [2.05, 4.69) is 14.7 Å². The van der Waals surface area contributed by atoms with Crippen LogP contribution >= 0.6 is 23.5 Å². The summed E-state index contributed by atoms with van der Waals surface area (Å²) >= 11 is 7.14. The molecule has 3 heterocycles. The van der Waals surface area contributed by atoms with E-state index in [0.717, 1.165) is 24.4 Å². The minimum atomic E-state index is -4.64. The summed E-state index contributed by atoms with van der Waals surface area (Å²) in [5.41, 5.74) is -1.98. The second-order valence-electron chi connectivity index (χ2n) is 8.86. The number of carbonyl (C=O) groups is 1. The molecular weight excluding hydrogens is 529 g/mol. The molecular formula is C25H24ClF3N4O3S. The number of piperidine rings is 1. The number of rotatable bonds is 7. The number of hydrogen-bond donors (Lipinski definition) is 2. The molecule has 0 spiro atoms. The summed E-state index contributed by atoms with van der Waals surface area (Å²) < 4.78 is 49.6. The lowest BCUT2D eigenvalue weighted by Crippen LogP contribution is -2.46. The van der Waals surface area contributed by atoms with Crippen molar-refractivity contribution >= 4 is 41.2 Å². The van der Waals surface area contributed by atoms with E-state index >= 15 is 0 Å². The van der Waals surface area contributed by atoms with Gasteiger partial charge in [0, 0.05) is 35.6 Å². The summed E-state index contributed by atoms with van der Waals surface area (Å²) in [5.74, 6) is 0.170. The number of methoxy groups -OCH3 is 1. The monoisotopic (exact) mass is 552 g/mol. The Morgan fingerprint density at radius 1 is 1.22 bits per heavy atom. The fourth-order valence-corrected chi connectivity index (χ4v) is 4.95. The molecule has 1 aliphatic rings. The molecule has 0 amide bonds. The lowest BCUT2D eigenvalue weighted by molar-refractivity contribution is -0.148. The Bertz CT molecular complexity index is 1310. The number of anilines is 2. The van der Waals surface area contributed by atoms with E-state index in [1.165, 1.54) is 31.4 Å². The molecule has 2 N–H and O–H groups in total. The minimum absolute atomic E-state index is 0.114. The summed E-state index contributed by atoms with van der Waals surface area (Å²) in [5, 5.41) is 10.4. The number of carboxylic acids is 1. The van der Waals surface area contributed by atoms with Crippen molar-refractivity contribution in [1.82, 2.24) is 9.97 Å². The number of ether oxygens (including phenoxy) is 1. The molecule has 0 radical (unpaired) electrons. The molecule has 12 heteroatoms. The van der Waals surface area contributed by atoms with Crippen molar-refractivity contribution in [1.29, 1.82) is 0 Å². The topological polar surface area (TPSA) is 87.6 Å². The predicted molar refractivity (Wildman–Crippen MR) is 137 cm³/mol. The molecule has 2 aromatic heterocycles. The average Bonchev–Trinajstić information content (AvgIpc) is 2.87. The molecule has 7 nitrogen and oxygen atoms in total. The van der Waals surface area contributed by atoms with Gasteiger partial charge >= 0.3 is 12.1 Å². The van der Waals surface area contributed by atoms with Gasteiger partial charge in [-0.25, -0.2) is 9.97 Å². The van der Waals surface area contributed by atoms with Crippen molar-refractivity contribution in [2.45, 2.75) is 31.0 Å². The van der Waals surface area contributed by atoms with E-state index in [0.29, 0.717) is 30.4 Å². The van der Waals surface area contributed by atoms with Gasteiger partial charge in [0.1, 0.15) is 22.4 Å².